The zero-order chi connectivity index (χ0) is 19.7. The van der Waals surface area contributed by atoms with E-state index in [-0.39, 0.29) is 5.56 Å². The lowest BCUT2D eigenvalue weighted by Gasteiger charge is -2.03. The van der Waals surface area contributed by atoms with Crippen LogP contribution in [-0.2, 0) is 6.42 Å². The van der Waals surface area contributed by atoms with Crippen LogP contribution < -0.4 is 10.9 Å². The number of para-hydroxylation sites is 1. The van der Waals surface area contributed by atoms with Gasteiger partial charge in [-0.2, -0.15) is 0 Å². The van der Waals surface area contributed by atoms with E-state index in [9.17, 15) is 9.59 Å². The molecule has 2 aromatic heterocycles. The van der Waals surface area contributed by atoms with Crippen LogP contribution in [0.1, 0.15) is 20.8 Å². The van der Waals surface area contributed by atoms with E-state index in [1.807, 2.05) is 6.07 Å². The molecule has 28 heavy (non-hydrogen) atoms. The van der Waals surface area contributed by atoms with Crippen LogP contribution in [0.5, 0.6) is 0 Å². The minimum atomic E-state index is -0.694. The number of anilines is 1. The second kappa shape index (κ2) is 7.75. The fourth-order valence-corrected chi connectivity index (χ4v) is 3.99. The number of hydrogen-bond acceptors (Lipinski definition) is 5. The van der Waals surface area contributed by atoms with E-state index in [0.29, 0.717) is 32.6 Å². The van der Waals surface area contributed by atoms with E-state index >= 15 is 0 Å². The van der Waals surface area contributed by atoms with E-state index in [0.717, 1.165) is 10.4 Å². The Kier molecular flexibility index (Phi) is 5.17. The molecule has 0 saturated heterocycles. The highest BCUT2D eigenvalue weighted by atomic mass is 35.5. The monoisotopic (exact) mass is 430 g/mol. The summed E-state index contributed by atoms with van der Waals surface area (Å²) in [7, 11) is 0. The fourth-order valence-electron chi connectivity index (χ4n) is 2.68. The van der Waals surface area contributed by atoms with Crippen molar-refractivity contribution in [1.82, 2.24) is 4.98 Å². The minimum Gasteiger partial charge on any atom is -0.422 e. The largest absolute Gasteiger partial charge is 0.422 e. The van der Waals surface area contributed by atoms with Gasteiger partial charge < -0.3 is 4.42 Å². The second-order valence-electron chi connectivity index (χ2n) is 5.98. The average molecular weight is 431 g/mol. The van der Waals surface area contributed by atoms with Crippen LogP contribution in [0.25, 0.3) is 11.0 Å². The molecule has 0 aliphatic carbocycles. The molecular formula is C20H12Cl2N2O3S. The maximum atomic E-state index is 12.5. The topological polar surface area (TPSA) is 72.2 Å². The van der Waals surface area contributed by atoms with Crippen LogP contribution in [0.15, 0.2) is 63.9 Å². The summed E-state index contributed by atoms with van der Waals surface area (Å²) < 4.78 is 5.20. The maximum absolute atomic E-state index is 12.5. The van der Waals surface area contributed by atoms with Crippen LogP contribution in [0, 0.1) is 0 Å². The summed E-state index contributed by atoms with van der Waals surface area (Å²) in [5, 5.41) is 4.84. The van der Waals surface area contributed by atoms with Crippen molar-refractivity contribution in [2.24, 2.45) is 0 Å². The summed E-state index contributed by atoms with van der Waals surface area (Å²) in [4.78, 5) is 29.7. The van der Waals surface area contributed by atoms with Crippen molar-refractivity contribution >= 4 is 56.5 Å². The van der Waals surface area contributed by atoms with Crippen LogP contribution >= 0.6 is 34.5 Å². The minimum absolute atomic E-state index is 0.0730. The van der Waals surface area contributed by atoms with Crippen LogP contribution in [0.3, 0.4) is 0 Å². The number of carbonyl (C=O) groups excluding carboxylic acids is 1. The fraction of sp³-hybridized carbons (Fsp3) is 0.0500. The second-order valence-corrected chi connectivity index (χ2v) is 7.94. The molecule has 4 aromatic rings. The normalized spacial score (nSPS) is 10.9. The van der Waals surface area contributed by atoms with E-state index < -0.39 is 11.5 Å². The summed E-state index contributed by atoms with van der Waals surface area (Å²) in [5.74, 6) is -0.565. The number of nitrogens with zero attached hydrogens (tertiary/aromatic N) is 1. The van der Waals surface area contributed by atoms with Gasteiger partial charge in [-0.1, -0.05) is 47.5 Å². The number of rotatable bonds is 4. The first-order chi connectivity index (χ1) is 13.5. The molecule has 1 amide bonds. The van der Waals surface area contributed by atoms with Crippen molar-refractivity contribution in [1.29, 1.82) is 0 Å². The van der Waals surface area contributed by atoms with Crippen molar-refractivity contribution < 1.29 is 9.21 Å². The molecule has 0 bridgehead atoms. The Balaban J connectivity index is 1.53. The third-order valence-electron chi connectivity index (χ3n) is 4.04. The molecule has 1 N–H and O–H groups in total. The summed E-state index contributed by atoms with van der Waals surface area (Å²) >= 11 is 13.4. The number of thiazole rings is 1. The van der Waals surface area contributed by atoms with Gasteiger partial charge in [0.15, 0.2) is 5.13 Å². The number of fused-ring (bicyclic) bond motifs is 1. The molecule has 8 heteroatoms. The number of amides is 1. The Labute approximate surface area is 173 Å². The molecule has 0 radical (unpaired) electrons. The standard InChI is InChI=1S/C20H12Cl2N2O3S/c21-13-6-5-11(16(22)9-13)7-14-10-23-20(28-14)24-18(25)15-8-12-3-1-2-4-17(12)27-19(15)26/h1-6,8-10H,7H2,(H,23,24,25). The van der Waals surface area contributed by atoms with Crippen molar-refractivity contribution in [2.45, 2.75) is 6.42 Å². The van der Waals surface area contributed by atoms with Gasteiger partial charge in [-0.25, -0.2) is 9.78 Å². The van der Waals surface area contributed by atoms with E-state index in [4.69, 9.17) is 27.6 Å². The molecule has 0 fully saturated rings. The number of hydrogen-bond donors (Lipinski definition) is 1. The zero-order valence-electron chi connectivity index (χ0n) is 14.2. The summed E-state index contributed by atoms with van der Waals surface area (Å²) in [6, 6.07) is 13.8. The average Bonchev–Trinajstić information content (AvgIpc) is 3.10. The van der Waals surface area contributed by atoms with Gasteiger partial charge in [-0.15, -0.1) is 11.3 Å². The third kappa shape index (κ3) is 3.94. The van der Waals surface area contributed by atoms with Gasteiger partial charge in [0.2, 0.25) is 0 Å². The molecule has 5 nitrogen and oxygen atoms in total. The lowest BCUT2D eigenvalue weighted by molar-refractivity contribution is 0.102. The summed E-state index contributed by atoms with van der Waals surface area (Å²) in [6.07, 6.45) is 2.22. The maximum Gasteiger partial charge on any atom is 0.349 e. The zero-order valence-corrected chi connectivity index (χ0v) is 16.6. The molecule has 0 unspecified atom stereocenters. The molecule has 0 saturated carbocycles. The lowest BCUT2D eigenvalue weighted by Crippen LogP contribution is -2.20. The van der Waals surface area contributed by atoms with Crippen LogP contribution in [0.2, 0.25) is 10.0 Å². The smallest absolute Gasteiger partial charge is 0.349 e. The molecular weight excluding hydrogens is 419 g/mol. The SMILES string of the molecule is O=C(Nc1ncc(Cc2ccc(Cl)cc2Cl)s1)c1cc2ccccc2oc1=O. The molecule has 4 rings (SSSR count). The number of benzene rings is 2. The van der Waals surface area contributed by atoms with Gasteiger partial charge >= 0.3 is 5.63 Å². The van der Waals surface area contributed by atoms with Crippen LogP contribution in [0.4, 0.5) is 5.13 Å². The Hall–Kier alpha value is -2.67. The Morgan fingerprint density at radius 3 is 2.79 bits per heavy atom. The molecule has 2 heterocycles. The first-order valence-corrected chi connectivity index (χ1v) is 9.80. The van der Waals surface area contributed by atoms with E-state index in [1.165, 1.54) is 17.4 Å². The van der Waals surface area contributed by atoms with Gasteiger partial charge in [0.05, 0.1) is 0 Å². The van der Waals surface area contributed by atoms with Crippen LogP contribution in [-0.4, -0.2) is 10.9 Å². The predicted molar refractivity (Wildman–Crippen MR) is 112 cm³/mol. The van der Waals surface area contributed by atoms with Crippen molar-refractivity contribution in [3.8, 4) is 0 Å². The third-order valence-corrected chi connectivity index (χ3v) is 5.54. The molecule has 140 valence electrons. The van der Waals surface area contributed by atoms with Crippen molar-refractivity contribution in [3.05, 3.63) is 91.2 Å². The van der Waals surface area contributed by atoms with Gasteiger partial charge in [0, 0.05) is 32.9 Å². The Morgan fingerprint density at radius 2 is 1.96 bits per heavy atom. The van der Waals surface area contributed by atoms with Crippen molar-refractivity contribution in [2.75, 3.05) is 5.32 Å². The lowest BCUT2D eigenvalue weighted by atomic mass is 10.1. The highest BCUT2D eigenvalue weighted by Gasteiger charge is 2.16. The number of aromatic nitrogens is 1. The molecule has 2 aromatic carbocycles. The Morgan fingerprint density at radius 1 is 1.14 bits per heavy atom. The van der Waals surface area contributed by atoms with Gasteiger partial charge in [-0.3, -0.25) is 10.1 Å². The Bertz CT molecular complexity index is 1250. The molecule has 0 aliphatic rings. The van der Waals surface area contributed by atoms with E-state index in [2.05, 4.69) is 10.3 Å². The molecule has 0 spiro atoms. The summed E-state index contributed by atoms with van der Waals surface area (Å²) in [6.45, 7) is 0. The summed E-state index contributed by atoms with van der Waals surface area (Å²) in [5.41, 5.74) is 0.570. The number of halogens is 2. The molecule has 0 atom stereocenters. The highest BCUT2D eigenvalue weighted by Crippen LogP contribution is 2.27. The highest BCUT2D eigenvalue weighted by molar-refractivity contribution is 7.15. The van der Waals surface area contributed by atoms with E-state index in [1.54, 1.807) is 42.6 Å². The van der Waals surface area contributed by atoms with Gasteiger partial charge in [0.25, 0.3) is 5.91 Å². The number of nitrogens with one attached hydrogen (secondary N) is 1. The van der Waals surface area contributed by atoms with Crippen molar-refractivity contribution in [3.63, 3.8) is 0 Å². The van der Waals surface area contributed by atoms with Gasteiger partial charge in [0.1, 0.15) is 11.1 Å². The molecule has 0 aliphatic heterocycles. The quantitative estimate of drug-likeness (QED) is 0.439. The predicted octanol–water partition coefficient (Wildman–Crippen LogP) is 5.40. The number of carbonyl (C=O) groups is 1. The van der Waals surface area contributed by atoms with Gasteiger partial charge in [-0.05, 0) is 29.8 Å². The first-order valence-electron chi connectivity index (χ1n) is 8.22. The first kappa shape index (κ1) is 18.7.